The molecule has 1 aromatic rings. The fourth-order valence-corrected chi connectivity index (χ4v) is 0.950. The molecule has 0 spiro atoms. The van der Waals surface area contributed by atoms with Gasteiger partial charge < -0.3 is 20.9 Å². The summed E-state index contributed by atoms with van der Waals surface area (Å²) in [6, 6.07) is 0. The largest absolute Gasteiger partial charge is 0.476 e. The topological polar surface area (TPSA) is 113 Å². The monoisotopic (exact) mass is 226 g/mol. The van der Waals surface area contributed by atoms with Gasteiger partial charge in [-0.1, -0.05) is 6.92 Å². The van der Waals surface area contributed by atoms with Gasteiger partial charge in [0.1, 0.15) is 0 Å². The standard InChI is InChI=1S/C9H14N4O3/c1-3-5(14)16-8-6(10)7(15-4-2)12-9(11)13-8/h3-4,10H2,1-2H3,(H2,11,12,13). The number of carbonyl (C=O) groups is 1. The van der Waals surface area contributed by atoms with Crippen molar-refractivity contribution in [2.45, 2.75) is 20.3 Å². The minimum Gasteiger partial charge on any atom is -0.476 e. The minimum absolute atomic E-state index is 0.0587. The number of nitrogens with zero attached hydrogens (tertiary/aromatic N) is 2. The molecule has 0 bridgehead atoms. The van der Waals surface area contributed by atoms with Gasteiger partial charge in [0, 0.05) is 6.42 Å². The van der Waals surface area contributed by atoms with Crippen LogP contribution in [0.5, 0.6) is 11.8 Å². The van der Waals surface area contributed by atoms with Crippen molar-refractivity contribution in [1.29, 1.82) is 0 Å². The third-order valence-corrected chi connectivity index (χ3v) is 1.67. The highest BCUT2D eigenvalue weighted by molar-refractivity contribution is 5.74. The molecule has 1 heterocycles. The molecule has 7 nitrogen and oxygen atoms in total. The Hall–Kier alpha value is -2.05. The molecule has 0 radical (unpaired) electrons. The summed E-state index contributed by atoms with van der Waals surface area (Å²) in [5.74, 6) is -0.458. The molecular formula is C9H14N4O3. The lowest BCUT2D eigenvalue weighted by molar-refractivity contribution is -0.134. The number of hydrogen-bond acceptors (Lipinski definition) is 7. The van der Waals surface area contributed by atoms with Crippen molar-refractivity contribution in [2.75, 3.05) is 18.1 Å². The first kappa shape index (κ1) is 12.0. The molecule has 0 atom stereocenters. The van der Waals surface area contributed by atoms with E-state index in [1.807, 2.05) is 0 Å². The van der Waals surface area contributed by atoms with E-state index < -0.39 is 5.97 Å². The summed E-state index contributed by atoms with van der Waals surface area (Å²) in [5.41, 5.74) is 11.2. The maximum Gasteiger partial charge on any atom is 0.312 e. The van der Waals surface area contributed by atoms with Gasteiger partial charge in [0.05, 0.1) is 6.61 Å². The van der Waals surface area contributed by atoms with Crippen LogP contribution in [0.25, 0.3) is 0 Å². The Morgan fingerprint density at radius 2 is 1.88 bits per heavy atom. The van der Waals surface area contributed by atoms with Gasteiger partial charge in [-0.3, -0.25) is 4.79 Å². The minimum atomic E-state index is -0.452. The number of hydrogen-bond donors (Lipinski definition) is 2. The zero-order chi connectivity index (χ0) is 12.1. The average Bonchev–Trinajstić information content (AvgIpc) is 2.25. The Balaban J connectivity index is 3.03. The summed E-state index contributed by atoms with van der Waals surface area (Å²) in [6.07, 6.45) is 0.216. The molecule has 0 aliphatic rings. The van der Waals surface area contributed by atoms with Crippen LogP contribution in [0.3, 0.4) is 0 Å². The molecule has 88 valence electrons. The van der Waals surface area contributed by atoms with E-state index in [1.54, 1.807) is 13.8 Å². The van der Waals surface area contributed by atoms with Crippen LogP contribution >= 0.6 is 0 Å². The highest BCUT2D eigenvalue weighted by atomic mass is 16.5. The fraction of sp³-hybridized carbons (Fsp3) is 0.444. The molecule has 0 aliphatic heterocycles. The molecule has 0 aliphatic carbocycles. The molecule has 0 amide bonds. The third-order valence-electron chi connectivity index (χ3n) is 1.67. The van der Waals surface area contributed by atoms with E-state index in [-0.39, 0.29) is 29.8 Å². The molecule has 0 saturated carbocycles. The first-order chi connectivity index (χ1) is 7.58. The predicted octanol–water partition coefficient (Wildman–Crippen LogP) is 0.355. The molecule has 1 aromatic heterocycles. The summed E-state index contributed by atoms with van der Waals surface area (Å²) >= 11 is 0. The van der Waals surface area contributed by atoms with Crippen LogP contribution in [0.4, 0.5) is 11.6 Å². The van der Waals surface area contributed by atoms with Crippen LogP contribution in [0, 0.1) is 0 Å². The molecule has 0 aromatic carbocycles. The number of nitrogens with two attached hydrogens (primary N) is 2. The molecule has 16 heavy (non-hydrogen) atoms. The SMILES string of the molecule is CCOc1nc(N)nc(OC(=O)CC)c1N. The number of nitrogen functional groups attached to an aromatic ring is 2. The summed E-state index contributed by atoms with van der Waals surface area (Å²) in [7, 11) is 0. The molecular weight excluding hydrogens is 212 g/mol. The van der Waals surface area contributed by atoms with Gasteiger partial charge >= 0.3 is 5.97 Å². The number of carbonyl (C=O) groups excluding carboxylic acids is 1. The molecule has 0 saturated heterocycles. The maximum atomic E-state index is 11.1. The van der Waals surface area contributed by atoms with Crippen LogP contribution in [0.2, 0.25) is 0 Å². The molecule has 0 unspecified atom stereocenters. The second-order valence-electron chi connectivity index (χ2n) is 2.87. The Kier molecular flexibility index (Phi) is 3.87. The smallest absolute Gasteiger partial charge is 0.312 e. The van der Waals surface area contributed by atoms with Crippen LogP contribution < -0.4 is 20.9 Å². The first-order valence-corrected chi connectivity index (χ1v) is 4.84. The van der Waals surface area contributed by atoms with Crippen molar-refractivity contribution in [2.24, 2.45) is 0 Å². The Morgan fingerprint density at radius 3 is 2.44 bits per heavy atom. The van der Waals surface area contributed by atoms with Gasteiger partial charge in [-0.2, -0.15) is 9.97 Å². The Morgan fingerprint density at radius 1 is 1.25 bits per heavy atom. The van der Waals surface area contributed by atoms with E-state index >= 15 is 0 Å². The van der Waals surface area contributed by atoms with E-state index in [0.717, 1.165) is 0 Å². The number of esters is 1. The molecule has 7 heteroatoms. The zero-order valence-corrected chi connectivity index (χ0v) is 9.19. The number of ether oxygens (including phenoxy) is 2. The van der Waals surface area contributed by atoms with Crippen LogP contribution in [0.1, 0.15) is 20.3 Å². The lowest BCUT2D eigenvalue weighted by Crippen LogP contribution is -2.12. The van der Waals surface area contributed by atoms with Crippen molar-refractivity contribution < 1.29 is 14.3 Å². The number of anilines is 2. The second-order valence-corrected chi connectivity index (χ2v) is 2.87. The van der Waals surface area contributed by atoms with Gasteiger partial charge in [-0.05, 0) is 6.92 Å². The third kappa shape index (κ3) is 2.72. The van der Waals surface area contributed by atoms with E-state index in [0.29, 0.717) is 6.61 Å². The number of rotatable bonds is 4. The van der Waals surface area contributed by atoms with Crippen molar-refractivity contribution in [3.05, 3.63) is 0 Å². The van der Waals surface area contributed by atoms with Crippen molar-refractivity contribution in [1.82, 2.24) is 9.97 Å². The molecule has 1 rings (SSSR count). The lowest BCUT2D eigenvalue weighted by Gasteiger charge is -2.09. The van der Waals surface area contributed by atoms with Crippen LogP contribution in [-0.2, 0) is 4.79 Å². The summed E-state index contributed by atoms with van der Waals surface area (Å²) in [5, 5.41) is 0. The first-order valence-electron chi connectivity index (χ1n) is 4.84. The quantitative estimate of drug-likeness (QED) is 0.712. The average molecular weight is 226 g/mol. The van der Waals surface area contributed by atoms with Gasteiger partial charge in [-0.25, -0.2) is 0 Å². The summed E-state index contributed by atoms with van der Waals surface area (Å²) in [4.78, 5) is 18.6. The summed E-state index contributed by atoms with van der Waals surface area (Å²) in [6.45, 7) is 3.81. The van der Waals surface area contributed by atoms with Crippen molar-refractivity contribution in [3.8, 4) is 11.8 Å². The normalized spacial score (nSPS) is 9.88. The molecule has 0 fully saturated rings. The van der Waals surface area contributed by atoms with Crippen molar-refractivity contribution in [3.63, 3.8) is 0 Å². The summed E-state index contributed by atoms with van der Waals surface area (Å²) < 4.78 is 10.0. The van der Waals surface area contributed by atoms with Crippen molar-refractivity contribution >= 4 is 17.6 Å². The predicted molar refractivity (Wildman–Crippen MR) is 58.0 cm³/mol. The zero-order valence-electron chi connectivity index (χ0n) is 9.19. The van der Waals surface area contributed by atoms with E-state index in [2.05, 4.69) is 9.97 Å². The second kappa shape index (κ2) is 5.15. The Bertz CT molecular complexity index is 395. The highest BCUT2D eigenvalue weighted by Crippen LogP contribution is 2.28. The van der Waals surface area contributed by atoms with E-state index in [4.69, 9.17) is 20.9 Å². The van der Waals surface area contributed by atoms with E-state index in [9.17, 15) is 4.79 Å². The lowest BCUT2D eigenvalue weighted by atomic mass is 10.4. The molecule has 4 N–H and O–H groups in total. The van der Waals surface area contributed by atoms with Gasteiger partial charge in [-0.15, -0.1) is 0 Å². The van der Waals surface area contributed by atoms with Gasteiger partial charge in [0.2, 0.25) is 11.8 Å². The highest BCUT2D eigenvalue weighted by Gasteiger charge is 2.15. The fourth-order valence-electron chi connectivity index (χ4n) is 0.950. The van der Waals surface area contributed by atoms with Crippen LogP contribution in [0.15, 0.2) is 0 Å². The maximum absolute atomic E-state index is 11.1. The number of aromatic nitrogens is 2. The van der Waals surface area contributed by atoms with Gasteiger partial charge in [0.15, 0.2) is 5.69 Å². The van der Waals surface area contributed by atoms with E-state index in [1.165, 1.54) is 0 Å². The van der Waals surface area contributed by atoms with Crippen LogP contribution in [-0.4, -0.2) is 22.5 Å². The Labute approximate surface area is 92.8 Å². The van der Waals surface area contributed by atoms with Gasteiger partial charge in [0.25, 0.3) is 5.88 Å².